The predicted molar refractivity (Wildman–Crippen MR) is 53.1 cm³/mol. The van der Waals surface area contributed by atoms with Crippen molar-refractivity contribution in [3.8, 4) is 0 Å². The molecule has 2 unspecified atom stereocenters. The number of thiophene rings is 1. The van der Waals surface area contributed by atoms with Crippen molar-refractivity contribution in [2.75, 3.05) is 0 Å². The Morgan fingerprint density at radius 2 is 1.86 bits per heavy atom. The number of alkyl halides is 4. The summed E-state index contributed by atoms with van der Waals surface area (Å²) < 4.78 is 37.4. The molecule has 2 atom stereocenters. The Kier molecular flexibility index (Phi) is 3.48. The molecule has 0 saturated carbocycles. The van der Waals surface area contributed by atoms with Crippen LogP contribution in [0, 0.1) is 0 Å². The molecule has 0 radical (unpaired) electrons. The zero-order valence-electron chi connectivity index (χ0n) is 7.73. The normalized spacial score (nSPS) is 16.7. The van der Waals surface area contributed by atoms with Gasteiger partial charge in [0.25, 0.3) is 0 Å². The summed E-state index contributed by atoms with van der Waals surface area (Å²) in [6.07, 6.45) is -4.27. The third kappa shape index (κ3) is 2.42. The highest BCUT2D eigenvalue weighted by Crippen LogP contribution is 2.39. The minimum atomic E-state index is -4.27. The van der Waals surface area contributed by atoms with Crippen LogP contribution in [-0.4, -0.2) is 5.38 Å². The summed E-state index contributed by atoms with van der Waals surface area (Å²) in [4.78, 5) is 0. The maximum atomic E-state index is 12.5. The molecule has 14 heavy (non-hydrogen) atoms. The van der Waals surface area contributed by atoms with Gasteiger partial charge in [0.05, 0.1) is 5.56 Å². The molecular weight excluding hydrogens is 233 g/mol. The van der Waals surface area contributed by atoms with Gasteiger partial charge in [-0.2, -0.15) is 24.5 Å². The first-order valence-corrected chi connectivity index (χ1v) is 5.49. The van der Waals surface area contributed by atoms with E-state index in [0.717, 1.165) is 16.7 Å². The molecule has 0 aliphatic heterocycles. The zero-order valence-corrected chi connectivity index (χ0v) is 9.30. The highest BCUT2D eigenvalue weighted by Gasteiger charge is 2.35. The van der Waals surface area contributed by atoms with E-state index >= 15 is 0 Å². The van der Waals surface area contributed by atoms with Crippen LogP contribution < -0.4 is 0 Å². The van der Waals surface area contributed by atoms with Gasteiger partial charge < -0.3 is 0 Å². The van der Waals surface area contributed by atoms with Crippen molar-refractivity contribution >= 4 is 22.9 Å². The van der Waals surface area contributed by atoms with Gasteiger partial charge in [0.1, 0.15) is 0 Å². The summed E-state index contributed by atoms with van der Waals surface area (Å²) in [5.74, 6) is -0.278. The fraction of sp³-hybridized carbons (Fsp3) is 0.556. The average Bonchev–Trinajstić information content (AvgIpc) is 2.48. The van der Waals surface area contributed by atoms with Crippen molar-refractivity contribution in [1.82, 2.24) is 0 Å². The third-order valence-corrected chi connectivity index (χ3v) is 3.32. The van der Waals surface area contributed by atoms with Crippen LogP contribution >= 0.6 is 22.9 Å². The topological polar surface area (TPSA) is 0 Å². The van der Waals surface area contributed by atoms with Gasteiger partial charge in [-0.1, -0.05) is 6.92 Å². The van der Waals surface area contributed by atoms with Gasteiger partial charge in [0, 0.05) is 10.8 Å². The van der Waals surface area contributed by atoms with Gasteiger partial charge in [-0.15, -0.1) is 11.6 Å². The fourth-order valence-corrected chi connectivity index (χ4v) is 2.24. The van der Waals surface area contributed by atoms with Gasteiger partial charge >= 0.3 is 6.18 Å². The van der Waals surface area contributed by atoms with E-state index in [1.54, 1.807) is 13.8 Å². The summed E-state index contributed by atoms with van der Waals surface area (Å²) in [5.41, 5.74) is -0.257. The van der Waals surface area contributed by atoms with E-state index in [1.165, 1.54) is 5.38 Å². The lowest BCUT2D eigenvalue weighted by Crippen LogP contribution is -2.12. The van der Waals surface area contributed by atoms with Crippen LogP contribution in [0.5, 0.6) is 0 Å². The van der Waals surface area contributed by atoms with E-state index in [4.69, 9.17) is 11.6 Å². The molecule has 0 amide bonds. The molecule has 0 nitrogen and oxygen atoms in total. The second-order valence-electron chi connectivity index (χ2n) is 3.20. The Bertz CT molecular complexity index is 303. The minimum absolute atomic E-state index is 0.278. The van der Waals surface area contributed by atoms with E-state index in [2.05, 4.69) is 0 Å². The van der Waals surface area contributed by atoms with Crippen LogP contribution in [-0.2, 0) is 6.18 Å². The van der Waals surface area contributed by atoms with Crippen LogP contribution in [0.4, 0.5) is 13.2 Å². The van der Waals surface area contributed by atoms with Crippen molar-refractivity contribution in [2.45, 2.75) is 31.3 Å². The first kappa shape index (κ1) is 11.9. The number of halogens is 4. The summed E-state index contributed by atoms with van der Waals surface area (Å²) >= 11 is 6.84. The van der Waals surface area contributed by atoms with Crippen molar-refractivity contribution < 1.29 is 13.2 Å². The van der Waals surface area contributed by atoms with Gasteiger partial charge in [-0.3, -0.25) is 0 Å². The van der Waals surface area contributed by atoms with Gasteiger partial charge in [-0.25, -0.2) is 0 Å². The monoisotopic (exact) mass is 242 g/mol. The Morgan fingerprint density at radius 3 is 2.29 bits per heavy atom. The number of rotatable bonds is 2. The van der Waals surface area contributed by atoms with E-state index < -0.39 is 11.7 Å². The Balaban J connectivity index is 3.05. The molecule has 5 heteroatoms. The van der Waals surface area contributed by atoms with E-state index in [0.29, 0.717) is 5.56 Å². The van der Waals surface area contributed by atoms with Gasteiger partial charge in [0.15, 0.2) is 0 Å². The lowest BCUT2D eigenvalue weighted by Gasteiger charge is -2.16. The molecule has 0 fully saturated rings. The summed E-state index contributed by atoms with van der Waals surface area (Å²) in [5, 5.41) is 2.35. The van der Waals surface area contributed by atoms with Crippen molar-refractivity contribution in [2.24, 2.45) is 0 Å². The predicted octanol–water partition coefficient (Wildman–Crippen LogP) is 4.50. The third-order valence-electron chi connectivity index (χ3n) is 2.18. The zero-order chi connectivity index (χ0) is 10.9. The molecule has 0 spiro atoms. The standard InChI is InChI=1S/C9H10ClF3S/c1-5(6(2)10)7-3-14-4-8(7)9(11,12)13/h3-6H,1-2H3. The second-order valence-corrected chi connectivity index (χ2v) is 4.64. The maximum Gasteiger partial charge on any atom is 0.417 e. The van der Waals surface area contributed by atoms with Crippen LogP contribution in [0.2, 0.25) is 0 Å². The van der Waals surface area contributed by atoms with E-state index in [9.17, 15) is 13.2 Å². The smallest absolute Gasteiger partial charge is 0.166 e. The summed E-state index contributed by atoms with van der Waals surface area (Å²) in [6, 6.07) is 0. The maximum absolute atomic E-state index is 12.5. The number of hydrogen-bond donors (Lipinski definition) is 0. The largest absolute Gasteiger partial charge is 0.417 e. The first-order valence-electron chi connectivity index (χ1n) is 4.11. The van der Waals surface area contributed by atoms with Crippen molar-refractivity contribution in [1.29, 1.82) is 0 Å². The molecule has 0 aliphatic carbocycles. The van der Waals surface area contributed by atoms with E-state index in [-0.39, 0.29) is 11.3 Å². The van der Waals surface area contributed by atoms with Crippen LogP contribution in [0.3, 0.4) is 0 Å². The Hall–Kier alpha value is -0.220. The Morgan fingerprint density at radius 1 is 1.29 bits per heavy atom. The lowest BCUT2D eigenvalue weighted by molar-refractivity contribution is -0.138. The fourth-order valence-electron chi connectivity index (χ4n) is 1.14. The molecule has 0 aliphatic rings. The molecule has 0 saturated heterocycles. The van der Waals surface area contributed by atoms with Crippen molar-refractivity contribution in [3.63, 3.8) is 0 Å². The van der Waals surface area contributed by atoms with Crippen molar-refractivity contribution in [3.05, 3.63) is 21.9 Å². The Labute approximate surface area is 89.7 Å². The molecular formula is C9H10ClF3S. The molecule has 1 heterocycles. The first-order chi connectivity index (χ1) is 6.34. The highest BCUT2D eigenvalue weighted by atomic mass is 35.5. The molecule has 1 rings (SSSR count). The quantitative estimate of drug-likeness (QED) is 0.670. The van der Waals surface area contributed by atoms with Crippen LogP contribution in [0.15, 0.2) is 10.8 Å². The molecule has 1 aromatic heterocycles. The van der Waals surface area contributed by atoms with Gasteiger partial charge in [0.2, 0.25) is 0 Å². The van der Waals surface area contributed by atoms with Gasteiger partial charge in [-0.05, 0) is 23.8 Å². The number of hydrogen-bond acceptors (Lipinski definition) is 1. The molecule has 0 N–H and O–H groups in total. The van der Waals surface area contributed by atoms with E-state index in [1.807, 2.05) is 0 Å². The molecule has 80 valence electrons. The molecule has 0 bridgehead atoms. The second kappa shape index (κ2) is 4.11. The average molecular weight is 243 g/mol. The summed E-state index contributed by atoms with van der Waals surface area (Å²) in [7, 11) is 0. The SMILES string of the molecule is CC(Cl)C(C)c1cscc1C(F)(F)F. The molecule has 0 aromatic carbocycles. The molecule has 1 aromatic rings. The lowest BCUT2D eigenvalue weighted by atomic mass is 9.97. The van der Waals surface area contributed by atoms with Crippen LogP contribution in [0.25, 0.3) is 0 Å². The highest BCUT2D eigenvalue weighted by molar-refractivity contribution is 7.08. The minimum Gasteiger partial charge on any atom is -0.166 e. The van der Waals surface area contributed by atoms with Crippen LogP contribution in [0.1, 0.15) is 30.9 Å². The summed E-state index contributed by atoms with van der Waals surface area (Å²) in [6.45, 7) is 3.40.